The van der Waals surface area contributed by atoms with Crippen molar-refractivity contribution in [3.8, 4) is 5.75 Å². The summed E-state index contributed by atoms with van der Waals surface area (Å²) in [5, 5.41) is 11.3. The smallest absolute Gasteiger partial charge is 0.312 e. The molecule has 0 radical (unpaired) electrons. The summed E-state index contributed by atoms with van der Waals surface area (Å²) in [7, 11) is 0. The van der Waals surface area contributed by atoms with Crippen molar-refractivity contribution in [3.63, 3.8) is 0 Å². The quantitative estimate of drug-likeness (QED) is 0.618. The molecular weight excluding hydrogens is 282 g/mol. The molecule has 1 saturated carbocycles. The number of nitrogens with zero attached hydrogens (tertiary/aromatic N) is 3. The van der Waals surface area contributed by atoms with Gasteiger partial charge in [0.05, 0.1) is 11.0 Å². The number of ether oxygens (including phenoxy) is 1. The Balaban J connectivity index is 1.74. The first-order valence-electron chi connectivity index (χ1n) is 7.98. The van der Waals surface area contributed by atoms with Gasteiger partial charge in [-0.15, -0.1) is 0 Å². The van der Waals surface area contributed by atoms with Crippen molar-refractivity contribution >= 4 is 11.4 Å². The molecule has 1 aliphatic carbocycles. The summed E-state index contributed by atoms with van der Waals surface area (Å²) in [6, 6.07) is 5.89. The van der Waals surface area contributed by atoms with Gasteiger partial charge in [0.1, 0.15) is 0 Å². The Morgan fingerprint density at radius 3 is 2.45 bits per heavy atom. The van der Waals surface area contributed by atoms with E-state index >= 15 is 0 Å². The second-order valence-corrected chi connectivity index (χ2v) is 6.34. The van der Waals surface area contributed by atoms with E-state index in [1.807, 2.05) is 6.07 Å². The first-order valence-corrected chi connectivity index (χ1v) is 7.98. The van der Waals surface area contributed by atoms with Crippen molar-refractivity contribution < 1.29 is 9.66 Å². The zero-order valence-corrected chi connectivity index (χ0v) is 13.2. The van der Waals surface area contributed by atoms with Crippen molar-refractivity contribution in [2.24, 2.45) is 0 Å². The van der Waals surface area contributed by atoms with Gasteiger partial charge in [0.15, 0.2) is 5.75 Å². The lowest BCUT2D eigenvalue weighted by atomic mass is 10.2. The molecule has 22 heavy (non-hydrogen) atoms. The van der Waals surface area contributed by atoms with Crippen LogP contribution in [0.25, 0.3) is 0 Å². The molecule has 0 N–H and O–H groups in total. The van der Waals surface area contributed by atoms with E-state index in [2.05, 4.69) is 23.6 Å². The normalized spacial score (nSPS) is 19.5. The van der Waals surface area contributed by atoms with Crippen LogP contribution in [0.15, 0.2) is 18.2 Å². The van der Waals surface area contributed by atoms with Gasteiger partial charge in [0.25, 0.3) is 0 Å². The summed E-state index contributed by atoms with van der Waals surface area (Å²) in [5.41, 5.74) is 0.994. The minimum absolute atomic E-state index is 0.0793. The average molecular weight is 305 g/mol. The molecule has 0 aromatic heterocycles. The van der Waals surface area contributed by atoms with Crippen molar-refractivity contribution in [1.29, 1.82) is 0 Å². The second kappa shape index (κ2) is 6.12. The average Bonchev–Trinajstić information content (AvgIpc) is 3.31. The Hall–Kier alpha value is -1.82. The van der Waals surface area contributed by atoms with Gasteiger partial charge in [-0.1, -0.05) is 0 Å². The van der Waals surface area contributed by atoms with Gasteiger partial charge in [-0.05, 0) is 38.8 Å². The molecule has 0 spiro atoms. The summed E-state index contributed by atoms with van der Waals surface area (Å²) < 4.78 is 5.64. The van der Waals surface area contributed by atoms with Crippen molar-refractivity contribution in [1.82, 2.24) is 4.90 Å². The Bertz CT molecular complexity index is 550. The van der Waals surface area contributed by atoms with Crippen LogP contribution >= 0.6 is 0 Å². The van der Waals surface area contributed by atoms with Crippen LogP contribution in [-0.4, -0.2) is 48.1 Å². The molecule has 0 unspecified atom stereocenters. The van der Waals surface area contributed by atoms with Gasteiger partial charge in [-0.2, -0.15) is 0 Å². The molecule has 0 atom stereocenters. The predicted octanol–water partition coefficient (Wildman–Crippen LogP) is 2.67. The van der Waals surface area contributed by atoms with E-state index in [0.717, 1.165) is 44.7 Å². The number of hydrogen-bond donors (Lipinski definition) is 0. The summed E-state index contributed by atoms with van der Waals surface area (Å²) in [4.78, 5) is 15.6. The maximum Gasteiger partial charge on any atom is 0.312 e. The standard InChI is InChI=1S/C16H23N3O3/c1-12(2)17-7-9-18(10-8-17)13-3-6-16(22-14-4-5-14)15(11-13)19(20)21/h3,6,11-12,14H,4-5,7-10H2,1-2H3. The van der Waals surface area contributed by atoms with E-state index in [1.165, 1.54) is 0 Å². The van der Waals surface area contributed by atoms with E-state index in [0.29, 0.717) is 11.8 Å². The van der Waals surface area contributed by atoms with Crippen molar-refractivity contribution in [3.05, 3.63) is 28.3 Å². The maximum absolute atomic E-state index is 11.3. The molecule has 3 rings (SSSR count). The number of hydrogen-bond acceptors (Lipinski definition) is 5. The van der Waals surface area contributed by atoms with E-state index in [-0.39, 0.29) is 16.7 Å². The molecule has 2 aliphatic rings. The third-order valence-corrected chi connectivity index (χ3v) is 4.37. The number of nitro groups is 1. The first-order chi connectivity index (χ1) is 10.5. The summed E-state index contributed by atoms with van der Waals surface area (Å²) in [5.74, 6) is 0.400. The fourth-order valence-corrected chi connectivity index (χ4v) is 2.81. The molecule has 0 amide bonds. The van der Waals surface area contributed by atoms with Gasteiger partial charge in [0.2, 0.25) is 0 Å². The molecule has 1 saturated heterocycles. The number of anilines is 1. The molecule has 1 heterocycles. The molecule has 6 nitrogen and oxygen atoms in total. The number of piperazine rings is 1. The van der Waals surface area contributed by atoms with Gasteiger partial charge in [-0.3, -0.25) is 15.0 Å². The van der Waals surface area contributed by atoms with E-state index in [9.17, 15) is 10.1 Å². The number of benzene rings is 1. The molecule has 2 fully saturated rings. The highest BCUT2D eigenvalue weighted by Gasteiger charge is 2.28. The minimum Gasteiger partial charge on any atom is -0.483 e. The van der Waals surface area contributed by atoms with Gasteiger partial charge < -0.3 is 9.64 Å². The lowest BCUT2D eigenvalue weighted by Gasteiger charge is -2.38. The van der Waals surface area contributed by atoms with Crippen LogP contribution in [0, 0.1) is 10.1 Å². The highest BCUT2D eigenvalue weighted by Crippen LogP contribution is 2.36. The third kappa shape index (κ3) is 3.32. The van der Waals surface area contributed by atoms with Crippen LogP contribution in [0.5, 0.6) is 5.75 Å². The highest BCUT2D eigenvalue weighted by atomic mass is 16.6. The van der Waals surface area contributed by atoms with Crippen LogP contribution in [0.1, 0.15) is 26.7 Å². The van der Waals surface area contributed by atoms with Crippen molar-refractivity contribution in [2.45, 2.75) is 38.8 Å². The summed E-state index contributed by atoms with van der Waals surface area (Å²) in [6.45, 7) is 8.18. The van der Waals surface area contributed by atoms with Gasteiger partial charge in [0, 0.05) is 44.0 Å². The summed E-state index contributed by atoms with van der Waals surface area (Å²) in [6.07, 6.45) is 2.16. The fraction of sp³-hybridized carbons (Fsp3) is 0.625. The zero-order valence-electron chi connectivity index (χ0n) is 13.2. The van der Waals surface area contributed by atoms with E-state index in [1.54, 1.807) is 12.1 Å². The Kier molecular flexibility index (Phi) is 4.20. The molecule has 1 aromatic carbocycles. The first kappa shape index (κ1) is 15.1. The summed E-state index contributed by atoms with van der Waals surface area (Å²) >= 11 is 0. The number of nitro benzene ring substituents is 1. The molecule has 6 heteroatoms. The van der Waals surface area contributed by atoms with E-state index in [4.69, 9.17) is 4.74 Å². The van der Waals surface area contributed by atoms with Crippen LogP contribution in [0.2, 0.25) is 0 Å². The Morgan fingerprint density at radius 2 is 1.91 bits per heavy atom. The fourth-order valence-electron chi connectivity index (χ4n) is 2.81. The Labute approximate surface area is 130 Å². The highest BCUT2D eigenvalue weighted by molar-refractivity contribution is 5.60. The number of rotatable bonds is 5. The van der Waals surface area contributed by atoms with Crippen LogP contribution in [0.3, 0.4) is 0 Å². The van der Waals surface area contributed by atoms with Crippen molar-refractivity contribution in [2.75, 3.05) is 31.1 Å². The molecule has 1 aliphatic heterocycles. The minimum atomic E-state index is -0.342. The monoisotopic (exact) mass is 305 g/mol. The van der Waals surface area contributed by atoms with Gasteiger partial charge in [-0.25, -0.2) is 0 Å². The SMILES string of the molecule is CC(C)N1CCN(c2ccc(OC3CC3)c([N+](=O)[O-])c2)CC1. The molecule has 1 aromatic rings. The van der Waals surface area contributed by atoms with Crippen LogP contribution in [-0.2, 0) is 0 Å². The van der Waals surface area contributed by atoms with Crippen LogP contribution in [0.4, 0.5) is 11.4 Å². The second-order valence-electron chi connectivity index (χ2n) is 6.34. The lowest BCUT2D eigenvalue weighted by Crippen LogP contribution is -2.48. The zero-order chi connectivity index (χ0) is 15.7. The van der Waals surface area contributed by atoms with Crippen LogP contribution < -0.4 is 9.64 Å². The topological polar surface area (TPSA) is 58.8 Å². The predicted molar refractivity (Wildman–Crippen MR) is 85.7 cm³/mol. The maximum atomic E-state index is 11.3. The Morgan fingerprint density at radius 1 is 1.23 bits per heavy atom. The lowest BCUT2D eigenvalue weighted by molar-refractivity contribution is -0.385. The largest absolute Gasteiger partial charge is 0.483 e. The molecule has 0 bridgehead atoms. The molecule has 120 valence electrons. The third-order valence-electron chi connectivity index (χ3n) is 4.37. The molecular formula is C16H23N3O3. The van der Waals surface area contributed by atoms with E-state index < -0.39 is 0 Å². The van der Waals surface area contributed by atoms with Gasteiger partial charge >= 0.3 is 5.69 Å².